The van der Waals surface area contributed by atoms with E-state index in [1.807, 2.05) is 13.8 Å². The molecular formula is C28H28Cl2N8O3. The average molecular weight is 595 g/mol. The number of halogens is 2. The first-order valence-electron chi connectivity index (χ1n) is 12.9. The van der Waals surface area contributed by atoms with Gasteiger partial charge in [-0.15, -0.1) is 5.10 Å². The third-order valence-electron chi connectivity index (χ3n) is 7.19. The molecule has 0 radical (unpaired) electrons. The highest BCUT2D eigenvalue weighted by Crippen LogP contribution is 2.28. The predicted molar refractivity (Wildman–Crippen MR) is 156 cm³/mol. The normalized spacial score (nSPS) is 15.3. The molecule has 41 heavy (non-hydrogen) atoms. The first kappa shape index (κ1) is 28.3. The molecule has 11 nitrogen and oxygen atoms in total. The molecule has 4 aromatic rings. The number of fused-ring (bicyclic) bond motifs is 1. The fourth-order valence-corrected chi connectivity index (χ4v) is 5.22. The molecule has 0 saturated heterocycles. The maximum atomic E-state index is 14.1. The lowest BCUT2D eigenvalue weighted by Crippen LogP contribution is -2.46. The summed E-state index contributed by atoms with van der Waals surface area (Å²) < 4.78 is 3.13. The number of carbonyl (C=O) groups excluding carboxylic acids is 2. The molecule has 1 aliphatic rings. The van der Waals surface area contributed by atoms with Gasteiger partial charge in [-0.25, -0.2) is 9.55 Å². The molecule has 0 saturated carbocycles. The second-order valence-corrected chi connectivity index (χ2v) is 10.7. The van der Waals surface area contributed by atoms with E-state index in [0.29, 0.717) is 39.5 Å². The van der Waals surface area contributed by atoms with Gasteiger partial charge in [-0.3, -0.25) is 19.1 Å². The summed E-state index contributed by atoms with van der Waals surface area (Å²) >= 11 is 12.2. The van der Waals surface area contributed by atoms with Crippen molar-refractivity contribution in [3.63, 3.8) is 0 Å². The van der Waals surface area contributed by atoms with E-state index < -0.39 is 0 Å². The van der Waals surface area contributed by atoms with E-state index in [-0.39, 0.29) is 47.0 Å². The van der Waals surface area contributed by atoms with Crippen LogP contribution in [0.2, 0.25) is 10.0 Å². The molecule has 212 valence electrons. The lowest BCUT2D eigenvalue weighted by atomic mass is 9.98. The van der Waals surface area contributed by atoms with E-state index in [0.717, 1.165) is 5.69 Å². The van der Waals surface area contributed by atoms with E-state index in [9.17, 15) is 14.4 Å². The largest absolute Gasteiger partial charge is 0.355 e. The first-order chi connectivity index (χ1) is 19.6. The van der Waals surface area contributed by atoms with E-state index in [2.05, 4.69) is 20.9 Å². The van der Waals surface area contributed by atoms with Crippen LogP contribution in [0.4, 0.5) is 5.95 Å². The fraction of sp³-hybridized carbons (Fsp3) is 0.286. The number of benzene rings is 2. The van der Waals surface area contributed by atoms with E-state index in [1.54, 1.807) is 72.3 Å². The van der Waals surface area contributed by atoms with Crippen molar-refractivity contribution < 1.29 is 9.59 Å². The van der Waals surface area contributed by atoms with Gasteiger partial charge in [0.1, 0.15) is 0 Å². The number of carbonyl (C=O) groups is 2. The third-order valence-corrected chi connectivity index (χ3v) is 7.93. The SMILES string of the molecule is CNC(=O)c1ccc(-n2c(N[C@H](C)c3cnnn3C)nc3c(c2=O)C[C@@H](C)N(C(=O)c2ccc(Cl)c(Cl)c2)C3)cc1. The zero-order valence-corrected chi connectivity index (χ0v) is 24.4. The van der Waals surface area contributed by atoms with Gasteiger partial charge in [0.15, 0.2) is 0 Å². The number of aromatic nitrogens is 5. The van der Waals surface area contributed by atoms with Gasteiger partial charge in [-0.2, -0.15) is 0 Å². The minimum Gasteiger partial charge on any atom is -0.355 e. The van der Waals surface area contributed by atoms with Crippen molar-refractivity contribution in [2.45, 2.75) is 38.9 Å². The average Bonchev–Trinajstić information content (AvgIpc) is 3.40. The lowest BCUT2D eigenvalue weighted by Gasteiger charge is -2.35. The highest BCUT2D eigenvalue weighted by atomic mass is 35.5. The highest BCUT2D eigenvalue weighted by Gasteiger charge is 2.32. The standard InChI is InChI=1S/C28H28Cl2N8O3/c1-15-11-20-23(14-37(15)26(40)18-7-10-21(29)22(30)12-18)34-28(33-16(2)24-13-32-35-36(24)4)38(27(20)41)19-8-5-17(6-9-19)25(39)31-3/h5-10,12-13,15-16H,11,14H2,1-4H3,(H,31,39)(H,33,34)/t15-,16-/m1/s1. The fourth-order valence-electron chi connectivity index (χ4n) is 4.93. The van der Waals surface area contributed by atoms with Crippen LogP contribution in [0.5, 0.6) is 0 Å². The van der Waals surface area contributed by atoms with Crippen molar-refractivity contribution in [3.8, 4) is 5.69 Å². The zero-order valence-electron chi connectivity index (χ0n) is 22.9. The van der Waals surface area contributed by atoms with Crippen molar-refractivity contribution in [1.82, 2.24) is 34.8 Å². The number of hydrogen-bond acceptors (Lipinski definition) is 7. The number of rotatable bonds is 6. The smallest absolute Gasteiger partial charge is 0.263 e. The Morgan fingerprint density at radius 3 is 2.41 bits per heavy atom. The molecule has 0 unspecified atom stereocenters. The van der Waals surface area contributed by atoms with Gasteiger partial charge in [0.05, 0.1) is 45.9 Å². The molecule has 5 rings (SSSR count). The predicted octanol–water partition coefficient (Wildman–Crippen LogP) is 3.79. The Morgan fingerprint density at radius 2 is 1.78 bits per heavy atom. The number of aryl methyl sites for hydroxylation is 1. The molecule has 2 N–H and O–H groups in total. The minimum atomic E-state index is -0.312. The maximum absolute atomic E-state index is 14.1. The molecule has 0 fully saturated rings. The molecular weight excluding hydrogens is 567 g/mol. The Morgan fingerprint density at radius 1 is 1.07 bits per heavy atom. The summed E-state index contributed by atoms with van der Waals surface area (Å²) in [7, 11) is 3.33. The third kappa shape index (κ3) is 5.42. The summed E-state index contributed by atoms with van der Waals surface area (Å²) in [6.07, 6.45) is 1.95. The van der Waals surface area contributed by atoms with Crippen molar-refractivity contribution in [2.75, 3.05) is 12.4 Å². The van der Waals surface area contributed by atoms with Gasteiger partial charge in [0, 0.05) is 36.8 Å². The number of nitrogens with zero attached hydrogens (tertiary/aromatic N) is 6. The second kappa shape index (κ2) is 11.3. The molecule has 0 bridgehead atoms. The Labute approximate surface area is 246 Å². The summed E-state index contributed by atoms with van der Waals surface area (Å²) in [5, 5.41) is 14.5. The highest BCUT2D eigenvalue weighted by molar-refractivity contribution is 6.42. The van der Waals surface area contributed by atoms with E-state index >= 15 is 0 Å². The molecule has 2 aromatic carbocycles. The Bertz CT molecular complexity index is 1700. The molecule has 3 heterocycles. The molecule has 2 aromatic heterocycles. The van der Waals surface area contributed by atoms with Crippen LogP contribution in [0.15, 0.2) is 53.5 Å². The monoisotopic (exact) mass is 594 g/mol. The summed E-state index contributed by atoms with van der Waals surface area (Å²) in [5.74, 6) is -0.184. The zero-order chi connectivity index (χ0) is 29.4. The molecule has 0 spiro atoms. The quantitative estimate of drug-likeness (QED) is 0.347. The maximum Gasteiger partial charge on any atom is 0.263 e. The number of nitrogens with one attached hydrogen (secondary N) is 2. The van der Waals surface area contributed by atoms with E-state index in [4.69, 9.17) is 28.2 Å². The summed E-state index contributed by atoms with van der Waals surface area (Å²) in [4.78, 5) is 46.2. The molecule has 0 aliphatic carbocycles. The van der Waals surface area contributed by atoms with Crippen molar-refractivity contribution in [2.24, 2.45) is 7.05 Å². The Balaban J connectivity index is 1.58. The van der Waals surface area contributed by atoms with Gasteiger partial charge in [-0.1, -0.05) is 28.4 Å². The summed E-state index contributed by atoms with van der Waals surface area (Å²) in [6.45, 7) is 3.94. The topological polar surface area (TPSA) is 127 Å². The van der Waals surface area contributed by atoms with E-state index in [1.165, 1.54) is 4.57 Å². The van der Waals surface area contributed by atoms with Crippen LogP contribution in [-0.2, 0) is 20.0 Å². The summed E-state index contributed by atoms with van der Waals surface area (Å²) in [6, 6.07) is 10.9. The molecule has 2 amide bonds. The Kier molecular flexibility index (Phi) is 7.83. The molecule has 1 aliphatic heterocycles. The van der Waals surface area contributed by atoms with Gasteiger partial charge >= 0.3 is 0 Å². The first-order valence-corrected chi connectivity index (χ1v) is 13.7. The van der Waals surface area contributed by atoms with Crippen molar-refractivity contribution in [1.29, 1.82) is 0 Å². The van der Waals surface area contributed by atoms with Crippen LogP contribution >= 0.6 is 23.2 Å². The van der Waals surface area contributed by atoms with Crippen LogP contribution in [-0.4, -0.2) is 54.3 Å². The Hall–Kier alpha value is -4.22. The number of hydrogen-bond donors (Lipinski definition) is 2. The van der Waals surface area contributed by atoms with Gasteiger partial charge in [-0.05, 0) is 62.7 Å². The second-order valence-electron chi connectivity index (χ2n) is 9.89. The van der Waals surface area contributed by atoms with Gasteiger partial charge < -0.3 is 15.5 Å². The van der Waals surface area contributed by atoms with Crippen molar-refractivity contribution >= 4 is 41.0 Å². The van der Waals surface area contributed by atoms with Crippen LogP contribution in [0.3, 0.4) is 0 Å². The lowest BCUT2D eigenvalue weighted by molar-refractivity contribution is 0.0653. The molecule has 13 heteroatoms. The van der Waals surface area contributed by atoms with Crippen molar-refractivity contribution in [3.05, 3.63) is 97.1 Å². The minimum absolute atomic E-state index is 0.137. The van der Waals surface area contributed by atoms with Crippen LogP contribution in [0.25, 0.3) is 5.69 Å². The van der Waals surface area contributed by atoms with Gasteiger partial charge in [0.2, 0.25) is 5.95 Å². The van der Waals surface area contributed by atoms with Crippen LogP contribution in [0, 0.1) is 0 Å². The molecule has 2 atom stereocenters. The van der Waals surface area contributed by atoms with Crippen LogP contribution in [0.1, 0.15) is 57.6 Å². The number of amides is 2. The number of anilines is 1. The summed E-state index contributed by atoms with van der Waals surface area (Å²) in [5.41, 5.74) is 2.94. The van der Waals surface area contributed by atoms with Gasteiger partial charge in [0.25, 0.3) is 17.4 Å². The van der Waals surface area contributed by atoms with Crippen LogP contribution < -0.4 is 16.2 Å².